The highest BCUT2D eigenvalue weighted by Gasteiger charge is 2.21. The maximum atomic E-state index is 9.98. The summed E-state index contributed by atoms with van der Waals surface area (Å²) in [5.41, 5.74) is 0.538. The van der Waals surface area contributed by atoms with E-state index in [1.807, 2.05) is 0 Å². The Morgan fingerprint density at radius 1 is 1.24 bits per heavy atom. The number of nitrogens with one attached hydrogen (secondary N) is 1. The molecule has 0 fully saturated rings. The molecule has 0 aromatic heterocycles. The van der Waals surface area contributed by atoms with E-state index >= 15 is 0 Å². The fourth-order valence-electron chi connectivity index (χ4n) is 1.59. The molecule has 0 aliphatic rings. The zero-order valence-electron chi connectivity index (χ0n) is 10.3. The number of hydrogen-bond acceptors (Lipinski definition) is 5. The Morgan fingerprint density at radius 2 is 1.94 bits per heavy atom. The van der Waals surface area contributed by atoms with Gasteiger partial charge in [-0.25, -0.2) is 0 Å². The highest BCUT2D eigenvalue weighted by Crippen LogP contribution is 2.30. The smallest absolute Gasteiger partial charge is 0.128 e. The van der Waals surface area contributed by atoms with Crippen LogP contribution >= 0.6 is 0 Å². The van der Waals surface area contributed by atoms with Crippen LogP contribution in [0.4, 0.5) is 0 Å². The Hall–Kier alpha value is -1.30. The standard InChI is InChI=1S/C12H19NO4/c1-13-7-10(14)12(15)9-5-4-8(16-2)6-11(9)17-3/h4-6,10,12-15H,7H2,1-3H3. The molecule has 0 heterocycles. The first-order valence-corrected chi connectivity index (χ1v) is 5.36. The molecule has 1 rings (SSSR count). The van der Waals surface area contributed by atoms with E-state index in [-0.39, 0.29) is 0 Å². The third kappa shape index (κ3) is 3.33. The molecule has 0 saturated heterocycles. The maximum Gasteiger partial charge on any atom is 0.128 e. The summed E-state index contributed by atoms with van der Waals surface area (Å²) >= 11 is 0. The van der Waals surface area contributed by atoms with Crippen LogP contribution in [-0.2, 0) is 0 Å². The Bertz CT molecular complexity index is 356. The lowest BCUT2D eigenvalue weighted by Gasteiger charge is -2.20. The van der Waals surface area contributed by atoms with Crippen molar-refractivity contribution in [3.8, 4) is 11.5 Å². The van der Waals surface area contributed by atoms with Crippen molar-refractivity contribution >= 4 is 0 Å². The number of benzene rings is 1. The molecule has 5 nitrogen and oxygen atoms in total. The lowest BCUT2D eigenvalue weighted by Crippen LogP contribution is -2.29. The zero-order valence-corrected chi connectivity index (χ0v) is 10.3. The normalized spacial score (nSPS) is 14.2. The Balaban J connectivity index is 2.96. The summed E-state index contributed by atoms with van der Waals surface area (Å²) in [7, 11) is 4.78. The number of rotatable bonds is 6. The summed E-state index contributed by atoms with van der Waals surface area (Å²) in [6, 6.07) is 5.07. The molecule has 3 N–H and O–H groups in total. The van der Waals surface area contributed by atoms with E-state index in [9.17, 15) is 10.2 Å². The molecule has 0 amide bonds. The molecule has 5 heteroatoms. The molecule has 1 aromatic rings. The lowest BCUT2D eigenvalue weighted by atomic mass is 10.0. The highest BCUT2D eigenvalue weighted by molar-refractivity contribution is 5.42. The first kappa shape index (κ1) is 13.8. The van der Waals surface area contributed by atoms with Crippen molar-refractivity contribution in [2.24, 2.45) is 0 Å². The monoisotopic (exact) mass is 241 g/mol. The number of likely N-dealkylation sites (N-methyl/N-ethyl adjacent to an activating group) is 1. The molecule has 96 valence electrons. The van der Waals surface area contributed by atoms with Gasteiger partial charge in [0.05, 0.1) is 20.3 Å². The van der Waals surface area contributed by atoms with Gasteiger partial charge in [0.25, 0.3) is 0 Å². The number of ether oxygens (including phenoxy) is 2. The maximum absolute atomic E-state index is 9.98. The number of aliphatic hydroxyl groups is 2. The average Bonchev–Trinajstić information content (AvgIpc) is 2.37. The molecule has 17 heavy (non-hydrogen) atoms. The quantitative estimate of drug-likeness (QED) is 0.669. The Morgan fingerprint density at radius 3 is 2.47 bits per heavy atom. The number of aliphatic hydroxyl groups excluding tert-OH is 2. The molecular formula is C12H19NO4. The van der Waals surface area contributed by atoms with Gasteiger partial charge in [-0.1, -0.05) is 0 Å². The van der Waals surface area contributed by atoms with Crippen LogP contribution in [-0.4, -0.2) is 44.1 Å². The van der Waals surface area contributed by atoms with E-state index in [1.54, 1.807) is 32.4 Å². The summed E-state index contributed by atoms with van der Waals surface area (Å²) in [6.45, 7) is 0.302. The third-order valence-corrected chi connectivity index (χ3v) is 2.54. The summed E-state index contributed by atoms with van der Waals surface area (Å²) < 4.78 is 10.2. The first-order valence-electron chi connectivity index (χ1n) is 5.36. The van der Waals surface area contributed by atoms with Crippen molar-refractivity contribution in [1.82, 2.24) is 5.32 Å². The van der Waals surface area contributed by atoms with Gasteiger partial charge in [0, 0.05) is 18.2 Å². The molecule has 0 aliphatic heterocycles. The van der Waals surface area contributed by atoms with Crippen LogP contribution in [0, 0.1) is 0 Å². The van der Waals surface area contributed by atoms with E-state index in [0.717, 1.165) is 0 Å². The van der Waals surface area contributed by atoms with Crippen LogP contribution in [0.15, 0.2) is 18.2 Å². The minimum atomic E-state index is -0.997. The minimum Gasteiger partial charge on any atom is -0.497 e. The predicted molar refractivity (Wildman–Crippen MR) is 64.4 cm³/mol. The van der Waals surface area contributed by atoms with E-state index in [4.69, 9.17) is 9.47 Å². The Labute approximate surface area is 101 Å². The van der Waals surface area contributed by atoms with Gasteiger partial charge < -0.3 is 25.0 Å². The van der Waals surface area contributed by atoms with Crippen molar-refractivity contribution in [2.75, 3.05) is 27.8 Å². The molecule has 1 aromatic carbocycles. The molecule has 2 unspecified atom stereocenters. The van der Waals surface area contributed by atoms with E-state index < -0.39 is 12.2 Å². The van der Waals surface area contributed by atoms with Gasteiger partial charge in [0.1, 0.15) is 17.6 Å². The van der Waals surface area contributed by atoms with E-state index in [1.165, 1.54) is 7.11 Å². The van der Waals surface area contributed by atoms with Crippen LogP contribution < -0.4 is 14.8 Å². The fraction of sp³-hybridized carbons (Fsp3) is 0.500. The van der Waals surface area contributed by atoms with E-state index in [0.29, 0.717) is 23.6 Å². The van der Waals surface area contributed by atoms with Gasteiger partial charge in [0.15, 0.2) is 0 Å². The minimum absolute atomic E-state index is 0.302. The van der Waals surface area contributed by atoms with Crippen LogP contribution in [0.1, 0.15) is 11.7 Å². The summed E-state index contributed by atoms with van der Waals surface area (Å²) in [6.07, 6.45) is -1.88. The summed E-state index contributed by atoms with van der Waals surface area (Å²) in [5.74, 6) is 1.13. The molecule has 0 saturated carbocycles. The third-order valence-electron chi connectivity index (χ3n) is 2.54. The van der Waals surface area contributed by atoms with Crippen molar-refractivity contribution < 1.29 is 19.7 Å². The van der Waals surface area contributed by atoms with Crippen LogP contribution in [0.2, 0.25) is 0 Å². The van der Waals surface area contributed by atoms with Crippen molar-refractivity contribution in [3.05, 3.63) is 23.8 Å². The molecule has 0 aliphatic carbocycles. The predicted octanol–water partition coefficient (Wildman–Crippen LogP) is 0.317. The zero-order chi connectivity index (χ0) is 12.8. The highest BCUT2D eigenvalue weighted by atomic mass is 16.5. The molecule has 0 bridgehead atoms. The molecule has 2 atom stereocenters. The van der Waals surface area contributed by atoms with Crippen molar-refractivity contribution in [1.29, 1.82) is 0 Å². The SMILES string of the molecule is CNCC(O)C(O)c1ccc(OC)cc1OC. The second-order valence-corrected chi connectivity index (χ2v) is 3.68. The van der Waals surface area contributed by atoms with Gasteiger partial charge in [-0.2, -0.15) is 0 Å². The van der Waals surface area contributed by atoms with Gasteiger partial charge in [0.2, 0.25) is 0 Å². The second kappa shape index (κ2) is 6.44. The van der Waals surface area contributed by atoms with Crippen molar-refractivity contribution in [2.45, 2.75) is 12.2 Å². The van der Waals surface area contributed by atoms with E-state index in [2.05, 4.69) is 5.32 Å². The fourth-order valence-corrected chi connectivity index (χ4v) is 1.59. The van der Waals surface area contributed by atoms with Gasteiger partial charge >= 0.3 is 0 Å². The first-order chi connectivity index (χ1) is 8.13. The largest absolute Gasteiger partial charge is 0.497 e. The van der Waals surface area contributed by atoms with Crippen molar-refractivity contribution in [3.63, 3.8) is 0 Å². The van der Waals surface area contributed by atoms with Gasteiger partial charge in [-0.15, -0.1) is 0 Å². The average molecular weight is 241 g/mol. The molecular weight excluding hydrogens is 222 g/mol. The van der Waals surface area contributed by atoms with Gasteiger partial charge in [-0.05, 0) is 19.2 Å². The Kier molecular flexibility index (Phi) is 5.21. The summed E-state index contributed by atoms with van der Waals surface area (Å²) in [4.78, 5) is 0. The topological polar surface area (TPSA) is 71.0 Å². The van der Waals surface area contributed by atoms with Gasteiger partial charge in [-0.3, -0.25) is 0 Å². The molecule has 0 radical (unpaired) electrons. The molecule has 0 spiro atoms. The summed E-state index contributed by atoms with van der Waals surface area (Å²) in [5, 5.41) is 22.5. The number of hydrogen-bond donors (Lipinski definition) is 3. The lowest BCUT2D eigenvalue weighted by molar-refractivity contribution is 0.0188. The van der Waals surface area contributed by atoms with Crippen LogP contribution in [0.25, 0.3) is 0 Å². The van der Waals surface area contributed by atoms with Crippen LogP contribution in [0.3, 0.4) is 0 Å². The van der Waals surface area contributed by atoms with Crippen LogP contribution in [0.5, 0.6) is 11.5 Å². The number of methoxy groups -OCH3 is 2. The second-order valence-electron chi connectivity index (χ2n) is 3.68.